The summed E-state index contributed by atoms with van der Waals surface area (Å²) in [5, 5.41) is 2.46. The van der Waals surface area contributed by atoms with E-state index in [2.05, 4.69) is 4.99 Å². The normalized spacial score (nSPS) is 12.0. The number of anilines is 2. The number of benzene rings is 2. The van der Waals surface area contributed by atoms with Crippen molar-refractivity contribution in [2.24, 2.45) is 10.7 Å². The Bertz CT molecular complexity index is 918. The predicted octanol–water partition coefficient (Wildman–Crippen LogP) is 4.96. The van der Waals surface area contributed by atoms with E-state index in [9.17, 15) is 0 Å². The molecule has 0 aliphatic rings. The number of aliphatic imine (C=N–C) groups is 1. The van der Waals surface area contributed by atoms with E-state index in [1.165, 1.54) is 0 Å². The molecule has 2 N–H and O–H groups in total. The van der Waals surface area contributed by atoms with Crippen LogP contribution in [-0.4, -0.2) is 19.1 Å². The lowest BCUT2D eigenvalue weighted by atomic mass is 10.2. The molecule has 0 spiro atoms. The number of ether oxygens (including phenoxy) is 1. The number of nitrogens with zero attached hydrogens (tertiary/aromatic N) is 2. The lowest BCUT2D eigenvalue weighted by molar-refractivity contribution is 0.243. The molecule has 5 nitrogen and oxygen atoms in total. The van der Waals surface area contributed by atoms with E-state index in [0.29, 0.717) is 22.3 Å². The molecule has 6 heteroatoms. The maximum Gasteiger partial charge on any atom is 0.214 e. The summed E-state index contributed by atoms with van der Waals surface area (Å²) in [7, 11) is 1.63. The molecule has 3 aromatic rings. The first-order valence-electron chi connectivity index (χ1n) is 7.96. The Morgan fingerprint density at radius 2 is 2.00 bits per heavy atom. The molecule has 1 aromatic heterocycles. The second-order valence-corrected chi connectivity index (χ2v) is 6.26. The monoisotopic (exact) mass is 357 g/mol. The zero-order chi connectivity index (χ0) is 18.0. The number of fused-ring (bicyclic) bond motifs is 1. The minimum atomic E-state index is -0.00471. The summed E-state index contributed by atoms with van der Waals surface area (Å²) in [5.74, 6) is 1.48. The van der Waals surface area contributed by atoms with Crippen LogP contribution in [0.25, 0.3) is 10.8 Å². The molecule has 130 valence electrons. The molecule has 0 unspecified atom stereocenters. The van der Waals surface area contributed by atoms with E-state index in [1.54, 1.807) is 30.3 Å². The van der Waals surface area contributed by atoms with Crippen molar-refractivity contribution in [3.8, 4) is 5.75 Å². The highest BCUT2D eigenvalue weighted by Gasteiger charge is 2.23. The van der Waals surface area contributed by atoms with Crippen LogP contribution in [0.15, 0.2) is 58.1 Å². The van der Waals surface area contributed by atoms with Crippen molar-refractivity contribution in [2.75, 3.05) is 11.9 Å². The number of hydrogen-bond acceptors (Lipinski definition) is 3. The lowest BCUT2D eigenvalue weighted by Gasteiger charge is -2.25. The van der Waals surface area contributed by atoms with E-state index in [4.69, 9.17) is 26.5 Å². The van der Waals surface area contributed by atoms with Crippen molar-refractivity contribution < 1.29 is 9.15 Å². The fourth-order valence-electron chi connectivity index (χ4n) is 2.61. The second kappa shape index (κ2) is 7.07. The van der Waals surface area contributed by atoms with Gasteiger partial charge in [-0.05, 0) is 38.1 Å². The average Bonchev–Trinajstić information content (AvgIpc) is 3.01. The first-order valence-corrected chi connectivity index (χ1v) is 8.34. The fraction of sp³-hybridized carbons (Fsp3) is 0.211. The van der Waals surface area contributed by atoms with Crippen molar-refractivity contribution >= 4 is 39.9 Å². The molecular weight excluding hydrogens is 338 g/mol. The van der Waals surface area contributed by atoms with Crippen LogP contribution in [0.2, 0.25) is 5.02 Å². The highest BCUT2D eigenvalue weighted by molar-refractivity contribution is 6.31. The van der Waals surface area contributed by atoms with Gasteiger partial charge in [0.25, 0.3) is 0 Å². The van der Waals surface area contributed by atoms with Crippen molar-refractivity contribution in [2.45, 2.75) is 20.0 Å². The van der Waals surface area contributed by atoms with Crippen LogP contribution in [0.5, 0.6) is 5.75 Å². The minimum absolute atomic E-state index is 0.00471. The summed E-state index contributed by atoms with van der Waals surface area (Å²) >= 11 is 6.23. The number of guanidine groups is 1. The van der Waals surface area contributed by atoms with Gasteiger partial charge in [0.1, 0.15) is 12.0 Å². The highest BCUT2D eigenvalue weighted by atomic mass is 35.5. The number of furan rings is 1. The molecule has 0 atom stereocenters. The van der Waals surface area contributed by atoms with Crippen molar-refractivity contribution in [3.05, 3.63) is 53.8 Å². The third-order valence-corrected chi connectivity index (χ3v) is 3.91. The first kappa shape index (κ1) is 17.2. The summed E-state index contributed by atoms with van der Waals surface area (Å²) in [5.41, 5.74) is 6.87. The summed E-state index contributed by atoms with van der Waals surface area (Å²) in [6, 6.07) is 13.2. The molecule has 0 saturated carbocycles. The van der Waals surface area contributed by atoms with Gasteiger partial charge in [0.2, 0.25) is 11.8 Å². The van der Waals surface area contributed by atoms with Crippen LogP contribution in [0.1, 0.15) is 13.8 Å². The van der Waals surface area contributed by atoms with Crippen LogP contribution >= 0.6 is 11.6 Å². The smallest absolute Gasteiger partial charge is 0.214 e. The molecule has 0 aliphatic carbocycles. The molecule has 25 heavy (non-hydrogen) atoms. The largest absolute Gasteiger partial charge is 0.489 e. The number of hydrogen-bond donors (Lipinski definition) is 1. The standard InChI is InChI=1S/C19H20ClN3O2/c1-12(2)25-17-9-8-14(20)10-16(17)23(19(21)22-3)18-15-7-5-4-6-13(15)11-24-18/h4-12H,1-3H3,(H2,21,22). The number of nitrogens with two attached hydrogens (primary N) is 1. The molecule has 0 amide bonds. The zero-order valence-electron chi connectivity index (χ0n) is 14.4. The van der Waals surface area contributed by atoms with Crippen molar-refractivity contribution in [3.63, 3.8) is 0 Å². The van der Waals surface area contributed by atoms with Gasteiger partial charge in [0.15, 0.2) is 0 Å². The van der Waals surface area contributed by atoms with E-state index >= 15 is 0 Å². The van der Waals surface area contributed by atoms with E-state index < -0.39 is 0 Å². The molecule has 1 heterocycles. The number of halogens is 1. The third kappa shape index (κ3) is 3.42. The highest BCUT2D eigenvalue weighted by Crippen LogP contribution is 2.40. The Kier molecular flexibility index (Phi) is 4.86. The predicted molar refractivity (Wildman–Crippen MR) is 103 cm³/mol. The van der Waals surface area contributed by atoms with E-state index in [-0.39, 0.29) is 12.1 Å². The summed E-state index contributed by atoms with van der Waals surface area (Å²) < 4.78 is 11.8. The van der Waals surface area contributed by atoms with Gasteiger partial charge in [0, 0.05) is 22.8 Å². The fourth-order valence-corrected chi connectivity index (χ4v) is 2.77. The Morgan fingerprint density at radius 1 is 1.24 bits per heavy atom. The molecule has 0 aliphatic heterocycles. The van der Waals surface area contributed by atoms with E-state index in [0.717, 1.165) is 10.8 Å². The van der Waals surface area contributed by atoms with Gasteiger partial charge in [-0.25, -0.2) is 4.90 Å². The van der Waals surface area contributed by atoms with Crippen LogP contribution in [0.4, 0.5) is 11.6 Å². The SMILES string of the molecule is CN=C(N)N(c1cc(Cl)ccc1OC(C)C)c1occ2ccccc12. The lowest BCUT2D eigenvalue weighted by Crippen LogP contribution is -2.33. The van der Waals surface area contributed by atoms with E-state index in [1.807, 2.05) is 44.2 Å². The second-order valence-electron chi connectivity index (χ2n) is 5.82. The number of rotatable bonds is 4. The van der Waals surface area contributed by atoms with Gasteiger partial charge in [-0.3, -0.25) is 4.99 Å². The maximum atomic E-state index is 6.23. The van der Waals surface area contributed by atoms with Gasteiger partial charge in [-0.1, -0.05) is 29.8 Å². The topological polar surface area (TPSA) is 64.0 Å². The average molecular weight is 358 g/mol. The van der Waals surface area contributed by atoms with Crippen LogP contribution in [0, 0.1) is 0 Å². The Balaban J connectivity index is 2.23. The zero-order valence-corrected chi connectivity index (χ0v) is 15.1. The minimum Gasteiger partial charge on any atom is -0.489 e. The third-order valence-electron chi connectivity index (χ3n) is 3.67. The Morgan fingerprint density at radius 3 is 2.72 bits per heavy atom. The van der Waals surface area contributed by atoms with Crippen LogP contribution < -0.4 is 15.4 Å². The van der Waals surface area contributed by atoms with Crippen LogP contribution in [-0.2, 0) is 0 Å². The molecule has 0 fully saturated rings. The quantitative estimate of drug-likeness (QED) is 0.529. The van der Waals surface area contributed by atoms with Gasteiger partial charge in [0.05, 0.1) is 11.8 Å². The Hall–Kier alpha value is -2.66. The molecule has 0 radical (unpaired) electrons. The van der Waals surface area contributed by atoms with Crippen molar-refractivity contribution in [1.82, 2.24) is 0 Å². The summed E-state index contributed by atoms with van der Waals surface area (Å²) in [4.78, 5) is 5.85. The van der Waals surface area contributed by atoms with Crippen molar-refractivity contribution in [1.29, 1.82) is 0 Å². The summed E-state index contributed by atoms with van der Waals surface area (Å²) in [6.07, 6.45) is 1.68. The van der Waals surface area contributed by atoms with Gasteiger partial charge in [-0.2, -0.15) is 0 Å². The molecule has 3 rings (SSSR count). The molecule has 0 bridgehead atoms. The molecule has 2 aromatic carbocycles. The van der Waals surface area contributed by atoms with Gasteiger partial charge < -0.3 is 14.9 Å². The summed E-state index contributed by atoms with van der Waals surface area (Å²) in [6.45, 7) is 3.92. The Labute approximate surface area is 151 Å². The van der Waals surface area contributed by atoms with Gasteiger partial charge in [-0.15, -0.1) is 0 Å². The molecule has 0 saturated heterocycles. The maximum absolute atomic E-state index is 6.23. The van der Waals surface area contributed by atoms with Gasteiger partial charge >= 0.3 is 0 Å². The first-order chi connectivity index (χ1) is 12.0. The molecular formula is C19H20ClN3O2. The van der Waals surface area contributed by atoms with Crippen LogP contribution in [0.3, 0.4) is 0 Å².